The predicted octanol–water partition coefficient (Wildman–Crippen LogP) is 22.9. The van der Waals surface area contributed by atoms with Gasteiger partial charge in [-0.2, -0.15) is 0 Å². The number of ether oxygens (including phenoxy) is 6. The molecule has 20 nitrogen and oxygen atoms in total. The topological polar surface area (TPSA) is 229 Å². The first-order valence-electron chi connectivity index (χ1n) is 41.8. The zero-order valence-corrected chi connectivity index (χ0v) is 81.0. The van der Waals surface area contributed by atoms with Crippen LogP contribution in [0.4, 0.5) is 0 Å². The number of allylic oxidation sites excluding steroid dienone is 1. The number of rotatable bonds is 23. The average molecular weight is 2050 g/mol. The Bertz CT molecular complexity index is 6320. The molecule has 7 aliphatic rings. The van der Waals surface area contributed by atoms with Crippen LogP contribution in [0.25, 0.3) is 5.57 Å². The molecule has 7 aliphatic heterocycles. The summed E-state index contributed by atoms with van der Waals surface area (Å²) in [4.78, 5) is 79.2. The lowest BCUT2D eigenvalue weighted by Crippen LogP contribution is -2.51. The molecule has 131 heavy (non-hydrogen) atoms. The third-order valence-electron chi connectivity index (χ3n) is 24.1. The summed E-state index contributed by atoms with van der Waals surface area (Å²) in [5.41, 5.74) is 6.31. The molecular formula is C101H88Br2Cl8N8O12. The highest BCUT2D eigenvalue weighted by molar-refractivity contribution is 9.10. The number of nitrogens with zero attached hydrogens (tertiary/aromatic N) is 8. The van der Waals surface area contributed by atoms with E-state index in [2.05, 4.69) is 79.1 Å². The van der Waals surface area contributed by atoms with Crippen LogP contribution in [0.3, 0.4) is 0 Å². The van der Waals surface area contributed by atoms with Crippen LogP contribution in [0.15, 0.2) is 259 Å². The van der Waals surface area contributed by atoms with Gasteiger partial charge in [0.1, 0.15) is 0 Å². The number of aromatic nitrogens is 4. The molecule has 30 heteroatoms. The minimum Gasteiger partial charge on any atom is -0.386 e. The van der Waals surface area contributed by atoms with Crippen LogP contribution >= 0.6 is 125 Å². The van der Waals surface area contributed by atoms with Gasteiger partial charge in [0.05, 0.1) is 134 Å². The highest BCUT2D eigenvalue weighted by Crippen LogP contribution is 2.54. The van der Waals surface area contributed by atoms with Gasteiger partial charge in [-0.3, -0.25) is 58.7 Å². The molecule has 674 valence electrons. The van der Waals surface area contributed by atoms with E-state index in [-0.39, 0.29) is 66.1 Å². The van der Waals surface area contributed by atoms with Gasteiger partial charge < -0.3 is 38.6 Å². The van der Waals surface area contributed by atoms with Crippen molar-refractivity contribution in [1.82, 2.24) is 39.5 Å². The second kappa shape index (κ2) is 38.4. The number of carbonyl (C=O) groups excluding carboxylic acids is 4. The van der Waals surface area contributed by atoms with Gasteiger partial charge in [0, 0.05) is 137 Å². The molecule has 3 fully saturated rings. The summed E-state index contributed by atoms with van der Waals surface area (Å²) in [5.74, 6) is -0.754. The standard InChI is InChI=1S/C28H28Cl2N2O4.C28H26Cl2N2O3.C25H21BrCl2N2O3.C20H13BrCl2N2O2/c1-26(2,34)19-6-11-24-23(12-19)25(33)32(14-22-10-9-21(30)13-31-22)28(24,18-4-7-20(29)8-5-18)36-17-27(3)15-35-16-27;1-18(2)19-4-11-25-24(12-19)26(33)32(14-23-10-9-22(30)13-31-23)28(25,20-5-7-21(29)8-6-20)35-17-27(3)15-34-16-27;1-24(13-32-14-24)15-33-25(16-2-5-18(27)6-3-16)22-9-4-17(26)10-21(22)23(31)30(25)12-20-8-7-19(28)11-29-20;21-13-3-8-18-17(9-13)19(26)25(11-16-7-6-15(23)10-24-16)20(18,27)12-1-4-14(22)5-2-12/h4-13,34H,14-17H2,1-3H3;4-13H,1,14-17H2,2-3H3;2-11H,12-15H2,1H3;1-10,27H,11H2/t28-;;;/m1.../s1. The zero-order chi connectivity index (χ0) is 92.9. The van der Waals surface area contributed by atoms with Gasteiger partial charge in [0.2, 0.25) is 0 Å². The maximum absolute atomic E-state index is 14.1. The van der Waals surface area contributed by atoms with Crippen molar-refractivity contribution in [2.75, 3.05) is 59.5 Å². The molecule has 0 radical (unpaired) electrons. The Labute approximate surface area is 815 Å². The molecular weight excluding hydrogens is 1960 g/mol. The van der Waals surface area contributed by atoms with Crippen molar-refractivity contribution in [3.05, 3.63) is 400 Å². The van der Waals surface area contributed by atoms with Crippen LogP contribution in [-0.2, 0) is 83.1 Å². The minimum atomic E-state index is -1.63. The quantitative estimate of drug-likeness (QED) is 0.0607. The lowest BCUT2D eigenvalue weighted by molar-refractivity contribution is -0.192. The fraction of sp³-hybridized carbons (Fsp3) is 0.267. The van der Waals surface area contributed by atoms with E-state index in [1.165, 1.54) is 11.1 Å². The predicted molar refractivity (Wildman–Crippen MR) is 513 cm³/mol. The zero-order valence-electron chi connectivity index (χ0n) is 71.8. The van der Waals surface area contributed by atoms with Crippen LogP contribution in [0.2, 0.25) is 40.2 Å². The normalized spacial score (nSPS) is 20.4. The Morgan fingerprint density at radius 2 is 0.656 bits per heavy atom. The van der Waals surface area contributed by atoms with E-state index < -0.39 is 28.5 Å². The van der Waals surface area contributed by atoms with Gasteiger partial charge in [-0.25, -0.2) is 0 Å². The molecule has 19 rings (SSSR count). The molecule has 0 aliphatic carbocycles. The maximum Gasteiger partial charge on any atom is 0.257 e. The number of pyridine rings is 4. The fourth-order valence-electron chi connectivity index (χ4n) is 16.9. The first-order chi connectivity index (χ1) is 62.4. The van der Waals surface area contributed by atoms with Gasteiger partial charge in [0.15, 0.2) is 22.9 Å². The van der Waals surface area contributed by atoms with Gasteiger partial charge >= 0.3 is 0 Å². The van der Waals surface area contributed by atoms with Gasteiger partial charge in [-0.1, -0.05) is 243 Å². The Morgan fingerprint density at radius 3 is 0.962 bits per heavy atom. The van der Waals surface area contributed by atoms with Crippen LogP contribution in [0, 0.1) is 16.2 Å². The number of hydrogen-bond acceptors (Lipinski definition) is 16. The summed E-state index contributed by atoms with van der Waals surface area (Å²) < 4.78 is 38.4. The summed E-state index contributed by atoms with van der Waals surface area (Å²) in [6, 6.07) is 65.6. The fourth-order valence-corrected chi connectivity index (χ4v) is 18.6. The Morgan fingerprint density at radius 1 is 0.382 bits per heavy atom. The first kappa shape index (κ1) is 95.1. The monoisotopic (exact) mass is 2040 g/mol. The Hall–Kier alpha value is -9.06. The first-order valence-corrected chi connectivity index (χ1v) is 46.4. The van der Waals surface area contributed by atoms with Gasteiger partial charge in [-0.15, -0.1) is 0 Å². The van der Waals surface area contributed by atoms with Crippen LogP contribution in [0.5, 0.6) is 0 Å². The number of aliphatic hydroxyl groups is 2. The van der Waals surface area contributed by atoms with E-state index in [0.29, 0.717) is 167 Å². The third-order valence-corrected chi connectivity index (χ3v) is 27.0. The van der Waals surface area contributed by atoms with Crippen molar-refractivity contribution in [3.63, 3.8) is 0 Å². The maximum atomic E-state index is 14.1. The molecule has 4 aromatic heterocycles. The lowest BCUT2D eigenvalue weighted by atomic mass is 9.87. The molecule has 2 N–H and O–H groups in total. The number of fused-ring (bicyclic) bond motifs is 4. The second-order valence-corrected chi connectivity index (χ2v) is 40.4. The number of amides is 4. The van der Waals surface area contributed by atoms with Crippen molar-refractivity contribution >= 4 is 154 Å². The van der Waals surface area contributed by atoms with Crippen molar-refractivity contribution in [1.29, 1.82) is 0 Å². The molecule has 8 aromatic carbocycles. The number of hydrogen-bond donors (Lipinski definition) is 2. The van der Waals surface area contributed by atoms with Crippen molar-refractivity contribution in [3.8, 4) is 0 Å². The number of halogens is 10. The number of benzene rings is 8. The van der Waals surface area contributed by atoms with E-state index in [4.69, 9.17) is 121 Å². The summed E-state index contributed by atoms with van der Waals surface area (Å²) >= 11 is 55.7. The summed E-state index contributed by atoms with van der Waals surface area (Å²) in [6.45, 7) is 21.4. The smallest absolute Gasteiger partial charge is 0.257 e. The lowest BCUT2D eigenvalue weighted by Gasteiger charge is -2.44. The molecule has 3 unspecified atom stereocenters. The van der Waals surface area contributed by atoms with E-state index >= 15 is 0 Å². The Kier molecular flexibility index (Phi) is 27.9. The molecule has 3 saturated heterocycles. The molecule has 11 heterocycles. The van der Waals surface area contributed by atoms with Crippen LogP contribution in [0.1, 0.15) is 161 Å². The van der Waals surface area contributed by atoms with Gasteiger partial charge in [0.25, 0.3) is 23.6 Å². The Balaban J connectivity index is 0.000000128. The summed E-state index contributed by atoms with van der Waals surface area (Å²) in [6.07, 6.45) is 6.25. The summed E-state index contributed by atoms with van der Waals surface area (Å²) in [7, 11) is 0. The number of carbonyl (C=O) groups is 4. The summed E-state index contributed by atoms with van der Waals surface area (Å²) in [5, 5.41) is 26.8. The van der Waals surface area contributed by atoms with E-state index in [1.54, 1.807) is 144 Å². The average Bonchev–Trinajstić information content (AvgIpc) is 1.54. The van der Waals surface area contributed by atoms with E-state index in [1.807, 2.05) is 128 Å². The molecule has 0 spiro atoms. The highest BCUT2D eigenvalue weighted by atomic mass is 79.9. The largest absolute Gasteiger partial charge is 0.386 e. The SMILES string of the molecule is C=C(C)c1ccc2c(c1)C(=O)N(Cc1ccc(Cl)cn1)C2(OCC1(C)COC1)c1ccc(Cl)cc1.CC1(COC2(c3ccc(Cl)cc3)c3ccc(Br)cc3C(=O)N2Cc2ccc(Cl)cn2)COC1.CC1(CO[C@]2(c3ccc(Cl)cc3)c3ccc(C(C)(C)O)cc3C(=O)N2Cc2ccc(Cl)cn2)COC1.O=C1c2cc(Br)ccc2C(O)(c2ccc(Cl)cc2)N1Cc1ccc(Cl)cn1. The highest BCUT2D eigenvalue weighted by Gasteiger charge is 2.58. The molecule has 12 aromatic rings. The van der Waals surface area contributed by atoms with Crippen LogP contribution in [-0.4, -0.2) is 133 Å². The van der Waals surface area contributed by atoms with Crippen LogP contribution < -0.4 is 0 Å². The molecule has 4 amide bonds. The van der Waals surface area contributed by atoms with Crippen molar-refractivity contribution < 1.29 is 57.8 Å². The molecule has 0 saturated carbocycles. The molecule has 4 atom stereocenters. The molecule has 0 bridgehead atoms. The van der Waals surface area contributed by atoms with E-state index in [0.717, 1.165) is 47.9 Å². The second-order valence-electron chi connectivity index (χ2n) is 35.1. The van der Waals surface area contributed by atoms with Crippen molar-refractivity contribution in [2.24, 2.45) is 16.2 Å². The van der Waals surface area contributed by atoms with Gasteiger partial charge in [-0.05, 0) is 165 Å². The third kappa shape index (κ3) is 19.3. The minimum absolute atomic E-state index is 0.120. The van der Waals surface area contributed by atoms with E-state index in [9.17, 15) is 29.4 Å². The van der Waals surface area contributed by atoms with Crippen molar-refractivity contribution in [2.45, 2.75) is 96.2 Å².